The first-order chi connectivity index (χ1) is 8.58. The molecule has 19 heavy (non-hydrogen) atoms. The highest BCUT2D eigenvalue weighted by molar-refractivity contribution is 4.98. The molecule has 0 saturated carbocycles. The largest absolute Gasteiger partial charge is 0.522 e. The van der Waals surface area contributed by atoms with Gasteiger partial charge in [0.1, 0.15) is 5.60 Å². The molecule has 0 heterocycles. The zero-order chi connectivity index (χ0) is 15.2. The molecule has 0 aliphatic heterocycles. The van der Waals surface area contributed by atoms with Crippen LogP contribution >= 0.6 is 0 Å². The van der Waals surface area contributed by atoms with Gasteiger partial charge in [-0.3, -0.25) is 4.74 Å². The molecule has 0 rings (SSSR count). The maximum Gasteiger partial charge on any atom is 0.522 e. The average Bonchev–Trinajstić information content (AvgIpc) is 2.24. The Labute approximate surface area is 108 Å². The van der Waals surface area contributed by atoms with Crippen LogP contribution in [0.2, 0.25) is 0 Å². The van der Waals surface area contributed by atoms with E-state index in [0.29, 0.717) is 0 Å². The van der Waals surface area contributed by atoms with Gasteiger partial charge in [0, 0.05) is 6.42 Å². The van der Waals surface area contributed by atoms with Gasteiger partial charge in [-0.1, -0.05) is 12.2 Å². The molecule has 112 valence electrons. The van der Waals surface area contributed by atoms with Gasteiger partial charge in [-0.25, -0.2) is 8.78 Å². The van der Waals surface area contributed by atoms with Crippen LogP contribution < -0.4 is 0 Å². The number of rotatable bonds is 9. The highest BCUT2D eigenvalue weighted by Gasteiger charge is 2.51. The van der Waals surface area contributed by atoms with Crippen LogP contribution in [0.15, 0.2) is 25.3 Å². The van der Waals surface area contributed by atoms with Crippen molar-refractivity contribution in [1.82, 2.24) is 0 Å². The normalized spacial score (nSPS) is 15.9. The van der Waals surface area contributed by atoms with Crippen molar-refractivity contribution in [3.8, 4) is 0 Å². The van der Waals surface area contributed by atoms with Crippen LogP contribution in [-0.2, 0) is 4.74 Å². The summed E-state index contributed by atoms with van der Waals surface area (Å²) in [7, 11) is 0. The fourth-order valence-electron chi connectivity index (χ4n) is 1.54. The van der Waals surface area contributed by atoms with Gasteiger partial charge < -0.3 is 5.11 Å². The predicted molar refractivity (Wildman–Crippen MR) is 60.8 cm³/mol. The minimum atomic E-state index is -4.96. The van der Waals surface area contributed by atoms with Gasteiger partial charge in [0.15, 0.2) is 0 Å². The fraction of sp³-hybridized carbons (Fsp3) is 0.667. The quantitative estimate of drug-likeness (QED) is 0.516. The van der Waals surface area contributed by atoms with Crippen LogP contribution in [0.25, 0.3) is 0 Å². The molecule has 1 N–H and O–H groups in total. The van der Waals surface area contributed by atoms with Crippen molar-refractivity contribution in [2.75, 3.05) is 6.61 Å². The molecule has 0 aromatic heterocycles. The van der Waals surface area contributed by atoms with Gasteiger partial charge in [-0.15, -0.1) is 26.3 Å². The van der Waals surface area contributed by atoms with Crippen molar-refractivity contribution in [2.45, 2.75) is 43.6 Å². The smallest absolute Gasteiger partial charge is 0.383 e. The number of hydrogen-bond acceptors (Lipinski definition) is 2. The summed E-state index contributed by atoms with van der Waals surface area (Å²) in [5, 5.41) is 9.89. The first-order valence-corrected chi connectivity index (χ1v) is 5.60. The van der Waals surface area contributed by atoms with E-state index in [2.05, 4.69) is 17.9 Å². The van der Waals surface area contributed by atoms with Crippen LogP contribution in [-0.4, -0.2) is 29.6 Å². The number of halogens is 5. The van der Waals surface area contributed by atoms with E-state index in [0.717, 1.165) is 6.08 Å². The molecule has 0 aliphatic rings. The maximum atomic E-state index is 13.8. The first kappa shape index (κ1) is 18.0. The van der Waals surface area contributed by atoms with Crippen LogP contribution in [0.5, 0.6) is 0 Å². The second-order valence-corrected chi connectivity index (χ2v) is 4.10. The topological polar surface area (TPSA) is 29.5 Å². The minimum Gasteiger partial charge on any atom is -0.383 e. The molecule has 1 atom stereocenters. The lowest BCUT2D eigenvalue weighted by molar-refractivity contribution is -0.330. The zero-order valence-electron chi connectivity index (χ0n) is 10.3. The number of hydrogen-bond donors (Lipinski definition) is 1. The van der Waals surface area contributed by atoms with Crippen LogP contribution in [0.1, 0.15) is 25.7 Å². The predicted octanol–water partition coefficient (Wildman–Crippen LogP) is 3.82. The van der Waals surface area contributed by atoms with Gasteiger partial charge in [-0.2, -0.15) is 0 Å². The SMILES string of the molecule is C=CCCC(O)(CC=C)C(F)(F)CCOC(F)(F)F. The van der Waals surface area contributed by atoms with Crippen molar-refractivity contribution in [3.63, 3.8) is 0 Å². The molecule has 0 bridgehead atoms. The Bertz CT molecular complexity index is 301. The van der Waals surface area contributed by atoms with Crippen LogP contribution in [0.3, 0.4) is 0 Å². The molecule has 0 aliphatic carbocycles. The Kier molecular flexibility index (Phi) is 6.65. The number of alkyl halides is 5. The second kappa shape index (κ2) is 7.00. The van der Waals surface area contributed by atoms with Gasteiger partial charge in [-0.05, 0) is 19.3 Å². The molecular weight excluding hydrogens is 271 g/mol. The lowest BCUT2D eigenvalue weighted by Gasteiger charge is -2.35. The molecule has 0 spiro atoms. The molecular formula is C12H17F5O2. The Morgan fingerprint density at radius 2 is 1.58 bits per heavy atom. The lowest BCUT2D eigenvalue weighted by atomic mass is 9.85. The van der Waals surface area contributed by atoms with E-state index in [1.165, 1.54) is 6.08 Å². The van der Waals surface area contributed by atoms with Gasteiger partial charge in [0.05, 0.1) is 6.61 Å². The lowest BCUT2D eigenvalue weighted by Crippen LogP contribution is -2.48. The first-order valence-electron chi connectivity index (χ1n) is 5.60. The molecule has 0 aromatic rings. The maximum absolute atomic E-state index is 13.8. The van der Waals surface area contributed by atoms with E-state index in [9.17, 15) is 27.1 Å². The number of aliphatic hydroxyl groups is 1. The van der Waals surface area contributed by atoms with E-state index in [4.69, 9.17) is 0 Å². The van der Waals surface area contributed by atoms with E-state index < -0.39 is 37.3 Å². The molecule has 0 saturated heterocycles. The molecule has 0 amide bonds. The summed E-state index contributed by atoms with van der Waals surface area (Å²) in [6.45, 7) is 5.38. The van der Waals surface area contributed by atoms with E-state index >= 15 is 0 Å². The number of ether oxygens (including phenoxy) is 1. The Morgan fingerprint density at radius 1 is 1.00 bits per heavy atom. The molecule has 2 nitrogen and oxygen atoms in total. The molecule has 7 heteroatoms. The summed E-state index contributed by atoms with van der Waals surface area (Å²) in [4.78, 5) is 0. The van der Waals surface area contributed by atoms with Gasteiger partial charge in [0.25, 0.3) is 5.92 Å². The summed E-state index contributed by atoms with van der Waals surface area (Å²) in [5.41, 5.74) is -2.45. The van der Waals surface area contributed by atoms with E-state index in [-0.39, 0.29) is 12.8 Å². The van der Waals surface area contributed by atoms with Crippen molar-refractivity contribution in [2.24, 2.45) is 0 Å². The van der Waals surface area contributed by atoms with Crippen molar-refractivity contribution < 1.29 is 31.8 Å². The average molecular weight is 288 g/mol. The summed E-state index contributed by atoms with van der Waals surface area (Å²) >= 11 is 0. The third kappa shape index (κ3) is 6.15. The summed E-state index contributed by atoms with van der Waals surface area (Å²) in [6.07, 6.45) is -4.39. The Balaban J connectivity index is 4.68. The summed E-state index contributed by atoms with van der Waals surface area (Å²) in [5.74, 6) is -3.71. The number of allylic oxidation sites excluding steroid dienone is 1. The van der Waals surface area contributed by atoms with Crippen molar-refractivity contribution in [1.29, 1.82) is 0 Å². The van der Waals surface area contributed by atoms with Gasteiger partial charge >= 0.3 is 6.36 Å². The third-order valence-electron chi connectivity index (χ3n) is 2.61. The van der Waals surface area contributed by atoms with E-state index in [1.54, 1.807) is 0 Å². The minimum absolute atomic E-state index is 0.111. The van der Waals surface area contributed by atoms with E-state index in [1.807, 2.05) is 0 Å². The summed E-state index contributed by atoms with van der Waals surface area (Å²) in [6, 6.07) is 0. The monoisotopic (exact) mass is 288 g/mol. The molecule has 0 radical (unpaired) electrons. The van der Waals surface area contributed by atoms with Crippen LogP contribution in [0.4, 0.5) is 22.0 Å². The zero-order valence-corrected chi connectivity index (χ0v) is 10.3. The molecule has 1 unspecified atom stereocenters. The van der Waals surface area contributed by atoms with Gasteiger partial charge in [0.2, 0.25) is 0 Å². The third-order valence-corrected chi connectivity index (χ3v) is 2.61. The highest BCUT2D eigenvalue weighted by Crippen LogP contribution is 2.39. The Hall–Kier alpha value is -0.950. The molecule has 0 aromatic carbocycles. The second-order valence-electron chi connectivity index (χ2n) is 4.10. The Morgan fingerprint density at radius 3 is 2.00 bits per heavy atom. The summed E-state index contributed by atoms with van der Waals surface area (Å²) < 4.78 is 66.0. The highest BCUT2D eigenvalue weighted by atomic mass is 19.4. The molecule has 0 fully saturated rings. The van der Waals surface area contributed by atoms with Crippen molar-refractivity contribution >= 4 is 0 Å². The van der Waals surface area contributed by atoms with Crippen LogP contribution in [0, 0.1) is 0 Å². The fourth-order valence-corrected chi connectivity index (χ4v) is 1.54. The standard InChI is InChI=1S/C12H17F5O2/c1-3-5-7-10(18,6-4-2)11(13,14)8-9-19-12(15,16)17/h3-4,18H,1-2,5-9H2. The van der Waals surface area contributed by atoms with Crippen molar-refractivity contribution in [3.05, 3.63) is 25.3 Å².